The highest BCUT2D eigenvalue weighted by molar-refractivity contribution is 6.30. The molecule has 1 rings (SSSR count). The van der Waals surface area contributed by atoms with Crippen molar-refractivity contribution in [3.05, 3.63) is 29.8 Å². The second-order valence-corrected chi connectivity index (χ2v) is 5.42. The molecule has 1 N–H and O–H groups in total. The number of halogens is 1. The molecular formula is C16H21ClO4. The van der Waals surface area contributed by atoms with Crippen LogP contribution >= 0.6 is 11.6 Å². The Morgan fingerprint density at radius 2 is 1.86 bits per heavy atom. The van der Waals surface area contributed by atoms with Gasteiger partial charge in [-0.2, -0.15) is 0 Å². The van der Waals surface area contributed by atoms with Crippen molar-refractivity contribution in [2.45, 2.75) is 50.8 Å². The van der Waals surface area contributed by atoms with Gasteiger partial charge in [-0.05, 0) is 18.6 Å². The highest BCUT2D eigenvalue weighted by Crippen LogP contribution is 2.20. The van der Waals surface area contributed by atoms with Crippen LogP contribution in [0.25, 0.3) is 0 Å². The standard InChI is InChI=1S/C16H21ClO4/c1-2-3-4-5-6-10-13(17)16(20)21-14-11-8-7-9-12(14)15(18)19/h7-9,11,13H,2-6,10H2,1H3,(H,18,19). The highest BCUT2D eigenvalue weighted by atomic mass is 35.5. The van der Waals surface area contributed by atoms with E-state index in [2.05, 4.69) is 6.92 Å². The first-order valence-corrected chi connectivity index (χ1v) is 7.68. The maximum absolute atomic E-state index is 11.9. The van der Waals surface area contributed by atoms with Crippen molar-refractivity contribution in [1.29, 1.82) is 0 Å². The molecule has 0 saturated heterocycles. The molecule has 0 aliphatic heterocycles. The van der Waals surface area contributed by atoms with Gasteiger partial charge in [0.1, 0.15) is 16.7 Å². The molecule has 0 aromatic heterocycles. The minimum Gasteiger partial charge on any atom is -0.478 e. The van der Waals surface area contributed by atoms with Crippen LogP contribution < -0.4 is 4.74 Å². The summed E-state index contributed by atoms with van der Waals surface area (Å²) in [5, 5.41) is 8.27. The van der Waals surface area contributed by atoms with Crippen LogP contribution in [0.4, 0.5) is 0 Å². The summed E-state index contributed by atoms with van der Waals surface area (Å²) in [5.74, 6) is -1.70. The molecule has 0 aliphatic carbocycles. The molecule has 1 unspecified atom stereocenters. The zero-order chi connectivity index (χ0) is 15.7. The third-order valence-electron chi connectivity index (χ3n) is 3.14. The minimum atomic E-state index is -1.14. The molecule has 0 heterocycles. The number of carbonyl (C=O) groups is 2. The zero-order valence-electron chi connectivity index (χ0n) is 12.2. The first kappa shape index (κ1) is 17.5. The Morgan fingerprint density at radius 1 is 1.19 bits per heavy atom. The Balaban J connectivity index is 2.47. The van der Waals surface area contributed by atoms with Crippen LogP contribution in [0.2, 0.25) is 0 Å². The molecule has 5 heteroatoms. The Bertz CT molecular complexity index is 473. The highest BCUT2D eigenvalue weighted by Gasteiger charge is 2.20. The van der Waals surface area contributed by atoms with E-state index in [1.54, 1.807) is 12.1 Å². The normalized spacial score (nSPS) is 11.9. The number of carbonyl (C=O) groups excluding carboxylic acids is 1. The average molecular weight is 313 g/mol. The van der Waals surface area contributed by atoms with Crippen molar-refractivity contribution in [2.24, 2.45) is 0 Å². The van der Waals surface area contributed by atoms with Gasteiger partial charge in [-0.25, -0.2) is 4.79 Å². The lowest BCUT2D eigenvalue weighted by atomic mass is 10.1. The number of alkyl halides is 1. The van der Waals surface area contributed by atoms with Crippen molar-refractivity contribution in [3.63, 3.8) is 0 Å². The van der Waals surface area contributed by atoms with E-state index in [1.807, 2.05) is 0 Å². The van der Waals surface area contributed by atoms with Gasteiger partial charge in [0.25, 0.3) is 0 Å². The lowest BCUT2D eigenvalue weighted by Gasteiger charge is -2.11. The summed E-state index contributed by atoms with van der Waals surface area (Å²) >= 11 is 6.00. The summed E-state index contributed by atoms with van der Waals surface area (Å²) < 4.78 is 5.10. The lowest BCUT2D eigenvalue weighted by Crippen LogP contribution is -2.21. The maximum atomic E-state index is 11.9. The lowest BCUT2D eigenvalue weighted by molar-refractivity contribution is -0.134. The van der Waals surface area contributed by atoms with E-state index in [0.29, 0.717) is 6.42 Å². The fraction of sp³-hybridized carbons (Fsp3) is 0.500. The number of unbranched alkanes of at least 4 members (excludes halogenated alkanes) is 4. The van der Waals surface area contributed by atoms with Gasteiger partial charge in [-0.1, -0.05) is 51.2 Å². The SMILES string of the molecule is CCCCCCCC(Cl)C(=O)Oc1ccccc1C(=O)O. The van der Waals surface area contributed by atoms with Gasteiger partial charge in [0.15, 0.2) is 0 Å². The third-order valence-corrected chi connectivity index (χ3v) is 3.54. The molecule has 1 atom stereocenters. The van der Waals surface area contributed by atoms with E-state index < -0.39 is 17.3 Å². The van der Waals surface area contributed by atoms with Crippen LogP contribution in [0.15, 0.2) is 24.3 Å². The molecule has 21 heavy (non-hydrogen) atoms. The number of rotatable bonds is 9. The Hall–Kier alpha value is -1.55. The van der Waals surface area contributed by atoms with Crippen LogP contribution in [0.5, 0.6) is 5.75 Å². The van der Waals surface area contributed by atoms with E-state index in [0.717, 1.165) is 25.7 Å². The van der Waals surface area contributed by atoms with Gasteiger partial charge in [0.2, 0.25) is 0 Å². The van der Waals surface area contributed by atoms with Crippen LogP contribution in [0.3, 0.4) is 0 Å². The van der Waals surface area contributed by atoms with Gasteiger partial charge in [0, 0.05) is 0 Å². The number of aromatic carboxylic acids is 1. The second kappa shape index (κ2) is 9.40. The first-order chi connectivity index (χ1) is 10.1. The maximum Gasteiger partial charge on any atom is 0.339 e. The van der Waals surface area contributed by atoms with Gasteiger partial charge in [-0.3, -0.25) is 4.79 Å². The molecule has 4 nitrogen and oxygen atoms in total. The quantitative estimate of drug-likeness (QED) is 0.320. The number of hydrogen-bond acceptors (Lipinski definition) is 3. The Kier molecular flexibility index (Phi) is 7.83. The molecule has 0 aliphatic rings. The van der Waals surface area contributed by atoms with E-state index in [1.165, 1.54) is 18.6 Å². The summed E-state index contributed by atoms with van der Waals surface area (Å²) in [6, 6.07) is 6.03. The summed E-state index contributed by atoms with van der Waals surface area (Å²) in [4.78, 5) is 22.9. The van der Waals surface area contributed by atoms with Crippen molar-refractivity contribution >= 4 is 23.5 Å². The predicted molar refractivity (Wildman–Crippen MR) is 82.1 cm³/mol. The van der Waals surface area contributed by atoms with E-state index >= 15 is 0 Å². The molecular weight excluding hydrogens is 292 g/mol. The predicted octanol–water partition coefficient (Wildman–Crippen LogP) is 4.26. The van der Waals surface area contributed by atoms with E-state index in [9.17, 15) is 9.59 Å². The Labute approximate surface area is 130 Å². The van der Waals surface area contributed by atoms with Crippen molar-refractivity contribution in [1.82, 2.24) is 0 Å². The van der Waals surface area contributed by atoms with Gasteiger partial charge in [-0.15, -0.1) is 11.6 Å². The smallest absolute Gasteiger partial charge is 0.339 e. The van der Waals surface area contributed by atoms with Crippen LogP contribution in [0, 0.1) is 0 Å². The number of esters is 1. The van der Waals surface area contributed by atoms with Crippen LogP contribution in [0.1, 0.15) is 55.8 Å². The third kappa shape index (κ3) is 6.17. The number of benzene rings is 1. The largest absolute Gasteiger partial charge is 0.478 e. The Morgan fingerprint density at radius 3 is 2.52 bits per heavy atom. The first-order valence-electron chi connectivity index (χ1n) is 7.24. The van der Waals surface area contributed by atoms with Gasteiger partial charge in [0.05, 0.1) is 0 Å². The van der Waals surface area contributed by atoms with Crippen LogP contribution in [-0.2, 0) is 4.79 Å². The molecule has 0 fully saturated rings. The fourth-order valence-electron chi connectivity index (χ4n) is 1.95. The average Bonchev–Trinajstić information content (AvgIpc) is 2.47. The van der Waals surface area contributed by atoms with E-state index in [4.69, 9.17) is 21.4 Å². The van der Waals surface area contributed by atoms with Crippen LogP contribution in [-0.4, -0.2) is 22.4 Å². The molecule has 0 saturated carbocycles. The number of carboxylic acid groups (broad SMARTS) is 1. The monoisotopic (exact) mass is 312 g/mol. The molecule has 0 bridgehead atoms. The van der Waals surface area contributed by atoms with Crippen molar-refractivity contribution in [2.75, 3.05) is 0 Å². The minimum absolute atomic E-state index is 0.0339. The zero-order valence-corrected chi connectivity index (χ0v) is 12.9. The summed E-state index contributed by atoms with van der Waals surface area (Å²) in [7, 11) is 0. The number of hydrogen-bond donors (Lipinski definition) is 1. The second-order valence-electron chi connectivity index (χ2n) is 4.89. The molecule has 1 aromatic rings. The molecule has 0 amide bonds. The van der Waals surface area contributed by atoms with E-state index in [-0.39, 0.29) is 11.3 Å². The topological polar surface area (TPSA) is 63.6 Å². The summed E-state index contributed by atoms with van der Waals surface area (Å²) in [5.41, 5.74) is -0.0438. The van der Waals surface area contributed by atoms with Gasteiger partial charge < -0.3 is 9.84 Å². The number of carboxylic acids is 1. The summed E-state index contributed by atoms with van der Waals surface area (Å²) in [6.07, 6.45) is 5.93. The summed E-state index contributed by atoms with van der Waals surface area (Å²) in [6.45, 7) is 2.14. The molecule has 116 valence electrons. The van der Waals surface area contributed by atoms with Crippen molar-refractivity contribution < 1.29 is 19.4 Å². The molecule has 0 spiro atoms. The molecule has 1 aromatic carbocycles. The van der Waals surface area contributed by atoms with Gasteiger partial charge >= 0.3 is 11.9 Å². The number of para-hydroxylation sites is 1. The number of ether oxygens (including phenoxy) is 1. The van der Waals surface area contributed by atoms with Crippen molar-refractivity contribution in [3.8, 4) is 5.75 Å². The molecule has 0 radical (unpaired) electrons. The fourth-order valence-corrected chi connectivity index (χ4v) is 2.15.